The highest BCUT2D eigenvalue weighted by atomic mass is 79.9. The number of anilines is 2. The summed E-state index contributed by atoms with van der Waals surface area (Å²) in [6.07, 6.45) is 1.71. The zero-order valence-electron chi connectivity index (χ0n) is 13.3. The van der Waals surface area contributed by atoms with Gasteiger partial charge >= 0.3 is 0 Å². The van der Waals surface area contributed by atoms with Gasteiger partial charge in [-0.2, -0.15) is 5.10 Å². The summed E-state index contributed by atoms with van der Waals surface area (Å²) in [7, 11) is 1.63. The lowest BCUT2D eigenvalue weighted by Gasteiger charge is -2.37. The second-order valence-corrected chi connectivity index (χ2v) is 6.45. The average molecular weight is 392 g/mol. The molecule has 3 rings (SSSR count). The third kappa shape index (κ3) is 3.14. The topological polar surface area (TPSA) is 84.5 Å². The number of carbonyl (C=O) groups is 1. The van der Waals surface area contributed by atoms with Crippen LogP contribution in [0.3, 0.4) is 0 Å². The normalized spacial score (nSPS) is 14.8. The fourth-order valence-electron chi connectivity index (χ4n) is 2.76. The number of aromatic nitrogens is 2. The molecule has 2 heterocycles. The Morgan fingerprint density at radius 1 is 1.12 bits per heavy atom. The Kier molecular flexibility index (Phi) is 4.57. The number of halogens is 1. The summed E-state index contributed by atoms with van der Waals surface area (Å²) < 4.78 is 1.85. The van der Waals surface area contributed by atoms with Crippen molar-refractivity contribution in [3.8, 4) is 0 Å². The Balaban J connectivity index is 1.71. The van der Waals surface area contributed by atoms with Gasteiger partial charge in [-0.05, 0) is 40.2 Å². The van der Waals surface area contributed by atoms with Crippen LogP contribution in [0, 0.1) is 0 Å². The van der Waals surface area contributed by atoms with Crippen molar-refractivity contribution < 1.29 is 4.79 Å². The molecule has 1 aliphatic rings. The van der Waals surface area contributed by atoms with Crippen LogP contribution in [0.2, 0.25) is 0 Å². The number of aryl methyl sites for hydroxylation is 1. The summed E-state index contributed by atoms with van der Waals surface area (Å²) in [6.45, 7) is 3.20. The third-order valence-electron chi connectivity index (χ3n) is 4.20. The minimum absolute atomic E-state index is 0.142. The fourth-order valence-corrected chi connectivity index (χ4v) is 3.37. The molecule has 8 heteroatoms. The first kappa shape index (κ1) is 16.5. The molecule has 2 N–H and O–H groups in total. The van der Waals surface area contributed by atoms with Gasteiger partial charge in [-0.15, -0.1) is 0 Å². The average Bonchev–Trinajstić information content (AvgIpc) is 2.60. The van der Waals surface area contributed by atoms with Crippen molar-refractivity contribution in [1.82, 2.24) is 9.78 Å². The lowest BCUT2D eigenvalue weighted by atomic mass is 10.1. The fraction of sp³-hybridized carbons (Fsp3) is 0.312. The van der Waals surface area contributed by atoms with Crippen molar-refractivity contribution >= 4 is 33.2 Å². The van der Waals surface area contributed by atoms with E-state index >= 15 is 0 Å². The highest BCUT2D eigenvalue weighted by molar-refractivity contribution is 9.10. The first-order chi connectivity index (χ1) is 11.5. The molecule has 0 radical (unpaired) electrons. The van der Waals surface area contributed by atoms with E-state index in [1.807, 2.05) is 12.1 Å². The molecule has 0 bridgehead atoms. The van der Waals surface area contributed by atoms with E-state index in [4.69, 9.17) is 5.73 Å². The van der Waals surface area contributed by atoms with Crippen molar-refractivity contribution in [2.75, 3.05) is 36.0 Å². The Hall–Kier alpha value is -2.35. The molecule has 0 spiro atoms. The van der Waals surface area contributed by atoms with Crippen LogP contribution < -0.4 is 21.1 Å². The molecule has 2 aromatic rings. The molecular weight excluding hydrogens is 374 g/mol. The third-order valence-corrected chi connectivity index (χ3v) is 4.94. The SMILES string of the molecule is Cn1ncc(N2CCN(c3ccc(C(N)=O)cc3)CC2)c(Br)c1=O. The summed E-state index contributed by atoms with van der Waals surface area (Å²) >= 11 is 3.38. The number of piperazine rings is 1. The number of nitrogens with two attached hydrogens (primary N) is 1. The number of nitrogens with zero attached hydrogens (tertiary/aromatic N) is 4. The van der Waals surface area contributed by atoms with Crippen molar-refractivity contribution in [2.24, 2.45) is 12.8 Å². The maximum atomic E-state index is 12.0. The van der Waals surface area contributed by atoms with Crippen LogP contribution in [0.1, 0.15) is 10.4 Å². The van der Waals surface area contributed by atoms with Crippen LogP contribution in [-0.2, 0) is 7.05 Å². The Bertz CT molecular complexity index is 810. The molecule has 0 unspecified atom stereocenters. The Morgan fingerprint density at radius 3 is 2.29 bits per heavy atom. The molecule has 126 valence electrons. The molecule has 1 amide bonds. The van der Waals surface area contributed by atoms with E-state index in [0.29, 0.717) is 10.0 Å². The van der Waals surface area contributed by atoms with Gasteiger partial charge in [-0.3, -0.25) is 9.59 Å². The zero-order valence-corrected chi connectivity index (χ0v) is 14.9. The van der Waals surface area contributed by atoms with Crippen LogP contribution in [0.25, 0.3) is 0 Å². The summed E-state index contributed by atoms with van der Waals surface area (Å²) in [6, 6.07) is 7.30. The first-order valence-electron chi connectivity index (χ1n) is 7.59. The van der Waals surface area contributed by atoms with Crippen LogP contribution >= 0.6 is 15.9 Å². The van der Waals surface area contributed by atoms with Gasteiger partial charge in [0.1, 0.15) is 4.47 Å². The highest BCUT2D eigenvalue weighted by Crippen LogP contribution is 2.24. The lowest BCUT2D eigenvalue weighted by Crippen LogP contribution is -2.47. The number of amides is 1. The number of benzene rings is 1. The molecule has 1 fully saturated rings. The second-order valence-electron chi connectivity index (χ2n) is 5.66. The van der Waals surface area contributed by atoms with Gasteiger partial charge in [0.25, 0.3) is 5.56 Å². The van der Waals surface area contributed by atoms with Crippen LogP contribution in [0.15, 0.2) is 39.7 Å². The van der Waals surface area contributed by atoms with E-state index in [-0.39, 0.29) is 5.56 Å². The number of rotatable bonds is 3. The number of primary amides is 1. The van der Waals surface area contributed by atoms with Crippen LogP contribution in [0.4, 0.5) is 11.4 Å². The van der Waals surface area contributed by atoms with Gasteiger partial charge in [-0.1, -0.05) is 0 Å². The lowest BCUT2D eigenvalue weighted by molar-refractivity contribution is 0.100. The minimum atomic E-state index is -0.422. The predicted octanol–water partition coefficient (Wildman–Crippen LogP) is 0.968. The van der Waals surface area contributed by atoms with Gasteiger partial charge < -0.3 is 15.5 Å². The number of hydrogen-bond donors (Lipinski definition) is 1. The van der Waals surface area contributed by atoms with Crippen molar-refractivity contribution in [3.63, 3.8) is 0 Å². The first-order valence-corrected chi connectivity index (χ1v) is 8.38. The van der Waals surface area contributed by atoms with E-state index in [2.05, 4.69) is 30.8 Å². The molecule has 0 atom stereocenters. The molecule has 0 saturated carbocycles. The Labute approximate surface area is 147 Å². The van der Waals surface area contributed by atoms with Gasteiger partial charge in [0.05, 0.1) is 11.9 Å². The van der Waals surface area contributed by atoms with Crippen molar-refractivity contribution in [3.05, 3.63) is 50.9 Å². The quantitative estimate of drug-likeness (QED) is 0.842. The van der Waals surface area contributed by atoms with E-state index in [1.165, 1.54) is 4.68 Å². The van der Waals surface area contributed by atoms with Crippen LogP contribution in [0.5, 0.6) is 0 Å². The van der Waals surface area contributed by atoms with Gasteiger partial charge in [0.15, 0.2) is 0 Å². The molecule has 1 aromatic heterocycles. The summed E-state index contributed by atoms with van der Waals surface area (Å²) in [5.41, 5.74) is 7.51. The summed E-state index contributed by atoms with van der Waals surface area (Å²) in [5, 5.41) is 4.09. The molecular formula is C16H18BrN5O2. The highest BCUT2D eigenvalue weighted by Gasteiger charge is 2.21. The summed E-state index contributed by atoms with van der Waals surface area (Å²) in [4.78, 5) is 27.5. The molecule has 24 heavy (non-hydrogen) atoms. The van der Waals surface area contributed by atoms with Gasteiger partial charge in [-0.25, -0.2) is 4.68 Å². The minimum Gasteiger partial charge on any atom is -0.368 e. The molecule has 1 saturated heterocycles. The Morgan fingerprint density at radius 2 is 1.71 bits per heavy atom. The van der Waals surface area contributed by atoms with Gasteiger partial charge in [0.2, 0.25) is 5.91 Å². The van der Waals surface area contributed by atoms with Gasteiger partial charge in [0, 0.05) is 44.5 Å². The summed E-state index contributed by atoms with van der Waals surface area (Å²) in [5.74, 6) is -0.422. The molecule has 7 nitrogen and oxygen atoms in total. The van der Waals surface area contributed by atoms with E-state index in [1.54, 1.807) is 25.4 Å². The van der Waals surface area contributed by atoms with Crippen molar-refractivity contribution in [2.45, 2.75) is 0 Å². The monoisotopic (exact) mass is 391 g/mol. The second kappa shape index (κ2) is 6.64. The van der Waals surface area contributed by atoms with E-state index in [9.17, 15) is 9.59 Å². The van der Waals surface area contributed by atoms with E-state index < -0.39 is 5.91 Å². The zero-order chi connectivity index (χ0) is 17.3. The molecule has 1 aromatic carbocycles. The number of carbonyl (C=O) groups excluding carboxylic acids is 1. The predicted molar refractivity (Wildman–Crippen MR) is 96.6 cm³/mol. The van der Waals surface area contributed by atoms with E-state index in [0.717, 1.165) is 37.6 Å². The smallest absolute Gasteiger partial charge is 0.282 e. The maximum absolute atomic E-state index is 12.0. The molecule has 1 aliphatic heterocycles. The largest absolute Gasteiger partial charge is 0.368 e. The maximum Gasteiger partial charge on any atom is 0.282 e. The standard InChI is InChI=1S/C16H18BrN5O2/c1-20-16(24)14(17)13(10-19-20)22-8-6-21(7-9-22)12-4-2-11(3-5-12)15(18)23/h2-5,10H,6-9H2,1H3,(H2,18,23). The molecule has 0 aliphatic carbocycles. The number of hydrogen-bond acceptors (Lipinski definition) is 5. The van der Waals surface area contributed by atoms with Crippen molar-refractivity contribution in [1.29, 1.82) is 0 Å². The van der Waals surface area contributed by atoms with Crippen LogP contribution in [-0.4, -0.2) is 41.9 Å².